The number of hydrogen-bond donors (Lipinski definition) is 2. The minimum atomic E-state index is 0.00200. The van der Waals surface area contributed by atoms with Crippen molar-refractivity contribution in [3.05, 3.63) is 71.8 Å². The highest BCUT2D eigenvalue weighted by atomic mass is 32.1. The van der Waals surface area contributed by atoms with Gasteiger partial charge in [-0.25, -0.2) is 0 Å². The summed E-state index contributed by atoms with van der Waals surface area (Å²) >= 11 is 9.92. The van der Waals surface area contributed by atoms with Crippen LogP contribution in [-0.2, 0) is 10.8 Å². The summed E-state index contributed by atoms with van der Waals surface area (Å²) in [6.07, 6.45) is 0. The van der Waals surface area contributed by atoms with Crippen molar-refractivity contribution in [1.29, 1.82) is 0 Å². The lowest BCUT2D eigenvalue weighted by Gasteiger charge is -2.27. The van der Waals surface area contributed by atoms with Crippen molar-refractivity contribution in [3.63, 3.8) is 0 Å². The molecule has 0 aromatic heterocycles. The first-order valence-electron chi connectivity index (χ1n) is 10.5. The molecule has 4 aromatic carbocycles. The van der Waals surface area contributed by atoms with Gasteiger partial charge in [0.1, 0.15) is 0 Å². The maximum atomic E-state index is 4.96. The molecular weight excluding hydrogens is 400 g/mol. The largest absolute Gasteiger partial charge is 0.142 e. The summed E-state index contributed by atoms with van der Waals surface area (Å²) in [5, 5.41) is 4.90. The second-order valence-corrected chi connectivity index (χ2v) is 11.1. The first kappa shape index (κ1) is 21.3. The lowest BCUT2D eigenvalue weighted by atomic mass is 9.80. The minimum Gasteiger partial charge on any atom is -0.142 e. The fourth-order valence-electron chi connectivity index (χ4n) is 4.31. The first-order chi connectivity index (χ1) is 14.0. The zero-order valence-electron chi connectivity index (χ0n) is 18.7. The second kappa shape index (κ2) is 7.35. The zero-order chi connectivity index (χ0) is 21.8. The average molecular weight is 431 g/mol. The van der Waals surface area contributed by atoms with Crippen LogP contribution in [0.2, 0.25) is 0 Å². The van der Waals surface area contributed by atoms with Gasteiger partial charge in [-0.2, -0.15) is 0 Å². The molecule has 0 unspecified atom stereocenters. The highest BCUT2D eigenvalue weighted by Gasteiger charge is 2.24. The Hall–Kier alpha value is -1.90. The normalized spacial score (nSPS) is 12.7. The van der Waals surface area contributed by atoms with Crippen molar-refractivity contribution >= 4 is 46.8 Å². The molecule has 0 radical (unpaired) electrons. The highest BCUT2D eigenvalue weighted by molar-refractivity contribution is 7.80. The van der Waals surface area contributed by atoms with Crippen LogP contribution in [0.15, 0.2) is 70.5 Å². The summed E-state index contributed by atoms with van der Waals surface area (Å²) in [4.78, 5) is 2.15. The van der Waals surface area contributed by atoms with Crippen LogP contribution in [0.1, 0.15) is 52.7 Å². The van der Waals surface area contributed by atoms with Crippen molar-refractivity contribution in [2.24, 2.45) is 0 Å². The zero-order valence-corrected chi connectivity index (χ0v) is 20.5. The molecule has 4 aromatic rings. The molecule has 0 bridgehead atoms. The fraction of sp³-hybridized carbons (Fsp3) is 0.286. The molecule has 0 N–H and O–H groups in total. The molecule has 2 heteroatoms. The molecule has 0 heterocycles. The molecule has 0 saturated carbocycles. The summed E-state index contributed by atoms with van der Waals surface area (Å²) < 4.78 is 0. The minimum absolute atomic E-state index is 0.00200. The topological polar surface area (TPSA) is 0 Å². The third kappa shape index (κ3) is 3.55. The van der Waals surface area contributed by atoms with Gasteiger partial charge in [-0.15, -0.1) is 25.3 Å². The lowest BCUT2D eigenvalue weighted by Crippen LogP contribution is -2.14. The fourth-order valence-corrected chi connectivity index (χ4v) is 5.50. The first-order valence-corrected chi connectivity index (χ1v) is 11.4. The van der Waals surface area contributed by atoms with E-state index in [-0.39, 0.29) is 10.8 Å². The van der Waals surface area contributed by atoms with Crippen LogP contribution >= 0.6 is 25.3 Å². The standard InChI is InChI=1S/C28H30S2/c1-27(2,3)23-15-21(17-11-7-9-13-19(17)25(23)29)22-16-24(28(4,5)6)26(30)20-14-10-8-12-18(20)22/h7-16,29-30H,1-6H3. The monoisotopic (exact) mass is 430 g/mol. The van der Waals surface area contributed by atoms with Crippen LogP contribution in [0.3, 0.4) is 0 Å². The Morgan fingerprint density at radius 3 is 1.10 bits per heavy atom. The van der Waals surface area contributed by atoms with E-state index in [4.69, 9.17) is 25.3 Å². The molecule has 0 aliphatic carbocycles. The highest BCUT2D eigenvalue weighted by Crippen LogP contribution is 2.44. The van der Waals surface area contributed by atoms with E-state index in [1.165, 1.54) is 43.8 Å². The number of thiol groups is 2. The average Bonchev–Trinajstić information content (AvgIpc) is 2.67. The number of hydrogen-bond acceptors (Lipinski definition) is 2. The molecule has 0 amide bonds. The molecular formula is C28H30S2. The number of fused-ring (bicyclic) bond motifs is 2. The Morgan fingerprint density at radius 1 is 0.500 bits per heavy atom. The molecule has 4 rings (SSSR count). The number of rotatable bonds is 1. The Bertz CT molecular complexity index is 1170. The molecule has 0 spiro atoms. The van der Waals surface area contributed by atoms with Crippen molar-refractivity contribution in [1.82, 2.24) is 0 Å². The maximum absolute atomic E-state index is 4.96. The van der Waals surface area contributed by atoms with Crippen LogP contribution < -0.4 is 0 Å². The summed E-state index contributed by atoms with van der Waals surface area (Å²) in [5.74, 6) is 0. The van der Waals surface area contributed by atoms with E-state index in [0.717, 1.165) is 9.79 Å². The van der Waals surface area contributed by atoms with Crippen molar-refractivity contribution < 1.29 is 0 Å². The van der Waals surface area contributed by atoms with Crippen LogP contribution in [-0.4, -0.2) is 0 Å². The summed E-state index contributed by atoms with van der Waals surface area (Å²) in [6, 6.07) is 22.0. The number of benzene rings is 4. The van der Waals surface area contributed by atoms with Crippen LogP contribution in [0.4, 0.5) is 0 Å². The molecule has 0 atom stereocenters. The predicted molar refractivity (Wildman–Crippen MR) is 139 cm³/mol. The lowest BCUT2D eigenvalue weighted by molar-refractivity contribution is 0.579. The van der Waals surface area contributed by atoms with E-state index in [0.29, 0.717) is 0 Å². The third-order valence-electron chi connectivity index (χ3n) is 5.94. The second-order valence-electron chi connectivity index (χ2n) is 10.2. The van der Waals surface area contributed by atoms with E-state index >= 15 is 0 Å². The maximum Gasteiger partial charge on any atom is 0.0157 e. The Morgan fingerprint density at radius 2 is 0.800 bits per heavy atom. The van der Waals surface area contributed by atoms with Gasteiger partial charge in [-0.1, -0.05) is 90.1 Å². The molecule has 0 aliphatic rings. The molecule has 154 valence electrons. The van der Waals surface area contributed by atoms with Gasteiger partial charge in [-0.3, -0.25) is 0 Å². The van der Waals surface area contributed by atoms with Crippen LogP contribution in [0, 0.1) is 0 Å². The van der Waals surface area contributed by atoms with Gasteiger partial charge in [-0.05, 0) is 66.8 Å². The van der Waals surface area contributed by atoms with E-state index < -0.39 is 0 Å². The van der Waals surface area contributed by atoms with Crippen molar-refractivity contribution in [2.45, 2.75) is 62.2 Å². The summed E-state index contributed by atoms with van der Waals surface area (Å²) in [5.41, 5.74) is 5.09. The van der Waals surface area contributed by atoms with E-state index in [9.17, 15) is 0 Å². The van der Waals surface area contributed by atoms with E-state index in [1.54, 1.807) is 0 Å². The van der Waals surface area contributed by atoms with Gasteiger partial charge >= 0.3 is 0 Å². The SMILES string of the molecule is CC(C)(C)c1cc(-c2cc(C(C)(C)C)c(S)c3ccccc23)c2ccccc2c1S. The van der Waals surface area contributed by atoms with E-state index in [1.807, 2.05) is 0 Å². The molecule has 0 fully saturated rings. The van der Waals surface area contributed by atoms with Crippen molar-refractivity contribution in [2.75, 3.05) is 0 Å². The van der Waals surface area contributed by atoms with E-state index in [2.05, 4.69) is 102 Å². The molecule has 0 aliphatic heterocycles. The van der Waals surface area contributed by atoms with Crippen LogP contribution in [0.5, 0.6) is 0 Å². The van der Waals surface area contributed by atoms with Crippen molar-refractivity contribution in [3.8, 4) is 11.1 Å². The Labute approximate surface area is 191 Å². The Kier molecular flexibility index (Phi) is 5.23. The molecule has 0 nitrogen and oxygen atoms in total. The van der Waals surface area contributed by atoms with Gasteiger partial charge in [0.05, 0.1) is 0 Å². The van der Waals surface area contributed by atoms with Crippen LogP contribution in [0.25, 0.3) is 32.7 Å². The summed E-state index contributed by atoms with van der Waals surface area (Å²) in [7, 11) is 0. The molecule has 0 saturated heterocycles. The smallest absolute Gasteiger partial charge is 0.0157 e. The van der Waals surface area contributed by atoms with Gasteiger partial charge in [0, 0.05) is 9.79 Å². The third-order valence-corrected chi connectivity index (χ3v) is 6.90. The van der Waals surface area contributed by atoms with Gasteiger partial charge in [0.25, 0.3) is 0 Å². The quantitative estimate of drug-likeness (QED) is 0.277. The van der Waals surface area contributed by atoms with Gasteiger partial charge in [0.2, 0.25) is 0 Å². The molecule has 30 heavy (non-hydrogen) atoms. The van der Waals surface area contributed by atoms with Gasteiger partial charge < -0.3 is 0 Å². The Balaban J connectivity index is 2.21. The summed E-state index contributed by atoms with van der Waals surface area (Å²) in [6.45, 7) is 13.6. The van der Waals surface area contributed by atoms with Gasteiger partial charge in [0.15, 0.2) is 0 Å². The predicted octanol–water partition coefficient (Wildman–Crippen LogP) is 8.83.